The lowest BCUT2D eigenvalue weighted by molar-refractivity contribution is -0.384. The Hall–Kier alpha value is -2.89. The van der Waals surface area contributed by atoms with Crippen molar-refractivity contribution in [2.45, 2.75) is 39.5 Å². The number of hydrogen-bond donors (Lipinski definition) is 1. The summed E-state index contributed by atoms with van der Waals surface area (Å²) >= 11 is 0. The van der Waals surface area contributed by atoms with Gasteiger partial charge in [0, 0.05) is 24.2 Å². The summed E-state index contributed by atoms with van der Waals surface area (Å²) < 4.78 is 5.70. The first-order chi connectivity index (χ1) is 12.4. The van der Waals surface area contributed by atoms with Crippen LogP contribution >= 0.6 is 0 Å². The largest absolute Gasteiger partial charge is 0.494 e. The molecule has 2 aromatic carbocycles. The summed E-state index contributed by atoms with van der Waals surface area (Å²) in [5.74, 6) is 1.08. The van der Waals surface area contributed by atoms with Gasteiger partial charge in [0.15, 0.2) is 0 Å². The number of amides is 1. The van der Waals surface area contributed by atoms with E-state index in [0.717, 1.165) is 5.75 Å². The van der Waals surface area contributed by atoms with Gasteiger partial charge >= 0.3 is 0 Å². The molecular weight excluding hydrogens is 332 g/mol. The van der Waals surface area contributed by atoms with E-state index < -0.39 is 4.92 Å². The topological polar surface area (TPSA) is 81.5 Å². The zero-order valence-corrected chi connectivity index (χ0v) is 15.3. The minimum absolute atomic E-state index is 0.0497. The van der Waals surface area contributed by atoms with Gasteiger partial charge in [0.1, 0.15) is 5.75 Å². The van der Waals surface area contributed by atoms with Crippen LogP contribution in [-0.4, -0.2) is 17.4 Å². The van der Waals surface area contributed by atoms with Crippen molar-refractivity contribution in [3.63, 3.8) is 0 Å². The van der Waals surface area contributed by atoms with Crippen molar-refractivity contribution in [3.8, 4) is 5.75 Å². The van der Waals surface area contributed by atoms with Crippen LogP contribution in [-0.2, 0) is 4.79 Å². The molecule has 0 radical (unpaired) electrons. The molecule has 6 heteroatoms. The Morgan fingerprint density at radius 2 is 2.00 bits per heavy atom. The smallest absolute Gasteiger partial charge is 0.271 e. The maximum Gasteiger partial charge on any atom is 0.271 e. The number of benzene rings is 2. The number of nitrogens with one attached hydrogen (secondary N) is 1. The molecule has 0 saturated carbocycles. The van der Waals surface area contributed by atoms with Gasteiger partial charge in [-0.05, 0) is 48.6 Å². The molecule has 0 aromatic heterocycles. The van der Waals surface area contributed by atoms with Crippen LogP contribution in [0.3, 0.4) is 0 Å². The third-order valence-electron chi connectivity index (χ3n) is 4.02. The van der Waals surface area contributed by atoms with E-state index in [1.54, 1.807) is 12.1 Å². The van der Waals surface area contributed by atoms with Gasteiger partial charge in [-0.1, -0.05) is 26.0 Å². The number of nitro benzene ring substituents is 1. The van der Waals surface area contributed by atoms with Gasteiger partial charge in [-0.3, -0.25) is 14.9 Å². The molecule has 0 bridgehead atoms. The summed E-state index contributed by atoms with van der Waals surface area (Å²) in [6, 6.07) is 11.9. The number of aryl methyl sites for hydroxylation is 1. The standard InChI is InChI=1S/C20H24N2O4/c1-14(2)19-10-9-18(12-15(19)3)26-11-5-8-20(23)21-16-6-4-7-17(13-16)22(24)25/h4,6-7,9-10,12-14H,5,8,11H2,1-3H3,(H,21,23). The number of anilines is 1. The second-order valence-corrected chi connectivity index (χ2v) is 6.48. The predicted molar refractivity (Wildman–Crippen MR) is 102 cm³/mol. The Labute approximate surface area is 153 Å². The second kappa shape index (κ2) is 8.99. The lowest BCUT2D eigenvalue weighted by Gasteiger charge is -2.12. The zero-order chi connectivity index (χ0) is 19.1. The van der Waals surface area contributed by atoms with Crippen LogP contribution in [0.4, 0.5) is 11.4 Å². The fraction of sp³-hybridized carbons (Fsp3) is 0.350. The van der Waals surface area contributed by atoms with Gasteiger partial charge in [-0.15, -0.1) is 0 Å². The minimum atomic E-state index is -0.490. The number of ether oxygens (including phenoxy) is 1. The Kier molecular flexibility index (Phi) is 6.72. The molecule has 138 valence electrons. The van der Waals surface area contributed by atoms with Gasteiger partial charge in [0.2, 0.25) is 5.91 Å². The molecule has 0 atom stereocenters. The van der Waals surface area contributed by atoms with E-state index in [0.29, 0.717) is 24.6 Å². The van der Waals surface area contributed by atoms with Crippen molar-refractivity contribution in [2.75, 3.05) is 11.9 Å². The molecule has 6 nitrogen and oxygen atoms in total. The monoisotopic (exact) mass is 356 g/mol. The molecule has 0 unspecified atom stereocenters. The number of carbonyl (C=O) groups is 1. The zero-order valence-electron chi connectivity index (χ0n) is 15.3. The quantitative estimate of drug-likeness (QED) is 0.417. The molecule has 0 aliphatic carbocycles. The molecule has 26 heavy (non-hydrogen) atoms. The summed E-state index contributed by atoms with van der Waals surface area (Å²) in [7, 11) is 0. The molecule has 2 rings (SSSR count). The van der Waals surface area contributed by atoms with Crippen LogP contribution in [0, 0.1) is 17.0 Å². The van der Waals surface area contributed by atoms with Crippen LogP contribution in [0.2, 0.25) is 0 Å². The molecular formula is C20H24N2O4. The summed E-state index contributed by atoms with van der Waals surface area (Å²) in [5.41, 5.74) is 2.87. The van der Waals surface area contributed by atoms with Crippen LogP contribution < -0.4 is 10.1 Å². The summed E-state index contributed by atoms with van der Waals surface area (Å²) in [4.78, 5) is 22.2. The van der Waals surface area contributed by atoms with E-state index in [1.165, 1.54) is 23.3 Å². The average molecular weight is 356 g/mol. The number of nitro groups is 1. The van der Waals surface area contributed by atoms with E-state index in [4.69, 9.17) is 4.74 Å². The van der Waals surface area contributed by atoms with E-state index in [1.807, 2.05) is 12.1 Å². The average Bonchev–Trinajstić information content (AvgIpc) is 2.58. The van der Waals surface area contributed by atoms with Crippen LogP contribution in [0.5, 0.6) is 5.75 Å². The Morgan fingerprint density at radius 3 is 2.65 bits per heavy atom. The Balaban J connectivity index is 1.77. The number of hydrogen-bond acceptors (Lipinski definition) is 4. The minimum Gasteiger partial charge on any atom is -0.494 e. The highest BCUT2D eigenvalue weighted by molar-refractivity contribution is 5.90. The fourth-order valence-electron chi connectivity index (χ4n) is 2.73. The SMILES string of the molecule is Cc1cc(OCCCC(=O)Nc2cccc([N+](=O)[O-])c2)ccc1C(C)C. The Bertz CT molecular complexity index is 787. The van der Waals surface area contributed by atoms with E-state index in [9.17, 15) is 14.9 Å². The van der Waals surface area contributed by atoms with Crippen LogP contribution in [0.1, 0.15) is 43.7 Å². The molecule has 1 amide bonds. The number of rotatable bonds is 8. The van der Waals surface area contributed by atoms with Crippen molar-refractivity contribution in [1.82, 2.24) is 0 Å². The van der Waals surface area contributed by atoms with Crippen LogP contribution in [0.15, 0.2) is 42.5 Å². The first-order valence-corrected chi connectivity index (χ1v) is 8.64. The first kappa shape index (κ1) is 19.4. The molecule has 0 heterocycles. The number of non-ortho nitro benzene ring substituents is 1. The van der Waals surface area contributed by atoms with Crippen molar-refractivity contribution in [2.24, 2.45) is 0 Å². The molecule has 1 N–H and O–H groups in total. The van der Waals surface area contributed by atoms with E-state index in [2.05, 4.69) is 32.2 Å². The highest BCUT2D eigenvalue weighted by Crippen LogP contribution is 2.23. The lowest BCUT2D eigenvalue weighted by Crippen LogP contribution is -2.13. The first-order valence-electron chi connectivity index (χ1n) is 8.64. The van der Waals surface area contributed by atoms with Gasteiger partial charge in [-0.25, -0.2) is 0 Å². The molecule has 0 aliphatic rings. The van der Waals surface area contributed by atoms with Crippen molar-refractivity contribution in [1.29, 1.82) is 0 Å². The molecule has 0 fully saturated rings. The number of nitrogens with zero attached hydrogens (tertiary/aromatic N) is 1. The predicted octanol–water partition coefficient (Wildman–Crippen LogP) is 4.82. The van der Waals surface area contributed by atoms with Crippen molar-refractivity contribution >= 4 is 17.3 Å². The van der Waals surface area contributed by atoms with Crippen LogP contribution in [0.25, 0.3) is 0 Å². The normalized spacial score (nSPS) is 10.6. The maximum atomic E-state index is 11.9. The number of carbonyl (C=O) groups excluding carboxylic acids is 1. The third-order valence-corrected chi connectivity index (χ3v) is 4.02. The molecule has 0 saturated heterocycles. The summed E-state index contributed by atoms with van der Waals surface area (Å²) in [5, 5.41) is 13.4. The third kappa shape index (κ3) is 5.58. The van der Waals surface area contributed by atoms with Gasteiger partial charge < -0.3 is 10.1 Å². The highest BCUT2D eigenvalue weighted by Gasteiger charge is 2.09. The van der Waals surface area contributed by atoms with E-state index in [-0.39, 0.29) is 18.0 Å². The van der Waals surface area contributed by atoms with Gasteiger partial charge in [-0.2, -0.15) is 0 Å². The van der Waals surface area contributed by atoms with Gasteiger partial charge in [0.25, 0.3) is 5.69 Å². The Morgan fingerprint density at radius 1 is 1.23 bits per heavy atom. The van der Waals surface area contributed by atoms with Crippen molar-refractivity contribution < 1.29 is 14.5 Å². The summed E-state index contributed by atoms with van der Waals surface area (Å²) in [6.07, 6.45) is 0.845. The molecule has 0 spiro atoms. The molecule has 2 aromatic rings. The van der Waals surface area contributed by atoms with Crippen molar-refractivity contribution in [3.05, 3.63) is 63.7 Å². The summed E-state index contributed by atoms with van der Waals surface area (Å²) in [6.45, 7) is 6.81. The van der Waals surface area contributed by atoms with E-state index >= 15 is 0 Å². The highest BCUT2D eigenvalue weighted by atomic mass is 16.6. The lowest BCUT2D eigenvalue weighted by atomic mass is 9.98. The second-order valence-electron chi connectivity index (χ2n) is 6.48. The fourth-order valence-corrected chi connectivity index (χ4v) is 2.73. The van der Waals surface area contributed by atoms with Gasteiger partial charge in [0.05, 0.1) is 11.5 Å². The maximum absolute atomic E-state index is 11.9. The molecule has 0 aliphatic heterocycles.